The summed E-state index contributed by atoms with van der Waals surface area (Å²) in [6.07, 6.45) is 2.83. The van der Waals surface area contributed by atoms with Crippen LogP contribution in [0.4, 0.5) is 0 Å². The summed E-state index contributed by atoms with van der Waals surface area (Å²) in [6, 6.07) is -0.868. The Hall–Kier alpha value is -1.92. The molecule has 1 heterocycles. The van der Waals surface area contributed by atoms with Gasteiger partial charge in [-0.15, -0.1) is 0 Å². The maximum absolute atomic E-state index is 11.7. The normalized spacial score (nSPS) is 16.2. The molecule has 2 N–H and O–H groups in total. The number of carboxylic acids is 1. The van der Waals surface area contributed by atoms with Crippen molar-refractivity contribution in [2.75, 3.05) is 6.54 Å². The summed E-state index contributed by atoms with van der Waals surface area (Å²) in [5.74, 6) is -1.73. The predicted octanol–water partition coefficient (Wildman–Crippen LogP) is 0.921. The lowest BCUT2D eigenvalue weighted by atomic mass is 10.0. The van der Waals surface area contributed by atoms with Crippen LogP contribution >= 0.6 is 0 Å². The van der Waals surface area contributed by atoms with Crippen LogP contribution in [0.5, 0.6) is 0 Å². The molecule has 3 amide bonds. The number of rotatable bonds is 9. The number of likely N-dealkylation sites (tertiary alicyclic amines) is 1. The van der Waals surface area contributed by atoms with E-state index in [9.17, 15) is 19.2 Å². The number of hydrogen-bond acceptors (Lipinski definition) is 4. The van der Waals surface area contributed by atoms with Gasteiger partial charge in [-0.25, -0.2) is 4.79 Å². The van der Waals surface area contributed by atoms with Gasteiger partial charge < -0.3 is 10.4 Å². The van der Waals surface area contributed by atoms with Gasteiger partial charge in [-0.1, -0.05) is 20.3 Å². The highest BCUT2D eigenvalue weighted by Gasteiger charge is 2.28. The largest absolute Gasteiger partial charge is 0.480 e. The number of imide groups is 1. The van der Waals surface area contributed by atoms with Gasteiger partial charge in [-0.05, 0) is 18.8 Å². The number of amides is 3. The highest BCUT2D eigenvalue weighted by Crippen LogP contribution is 2.13. The molecule has 124 valence electrons. The first kappa shape index (κ1) is 18.1. The number of nitrogens with one attached hydrogen (secondary N) is 1. The van der Waals surface area contributed by atoms with Crippen LogP contribution in [0.3, 0.4) is 0 Å². The fourth-order valence-electron chi connectivity index (χ4n) is 2.36. The van der Waals surface area contributed by atoms with E-state index in [1.807, 2.05) is 0 Å². The molecule has 1 rings (SSSR count). The highest BCUT2D eigenvalue weighted by atomic mass is 16.4. The second-order valence-electron chi connectivity index (χ2n) is 5.88. The van der Waals surface area contributed by atoms with Crippen molar-refractivity contribution in [3.8, 4) is 0 Å². The average Bonchev–Trinajstić information content (AvgIpc) is 2.75. The van der Waals surface area contributed by atoms with Crippen LogP contribution in [0.2, 0.25) is 0 Å². The van der Waals surface area contributed by atoms with E-state index in [2.05, 4.69) is 5.32 Å². The first-order valence-electron chi connectivity index (χ1n) is 7.68. The van der Waals surface area contributed by atoms with Crippen molar-refractivity contribution >= 4 is 23.7 Å². The fraction of sp³-hybridized carbons (Fsp3) is 0.733. The molecule has 22 heavy (non-hydrogen) atoms. The number of carboxylic acid groups (broad SMARTS) is 1. The minimum atomic E-state index is -1.03. The highest BCUT2D eigenvalue weighted by molar-refractivity contribution is 6.01. The Morgan fingerprint density at radius 1 is 1.14 bits per heavy atom. The molecule has 1 aliphatic rings. The molecule has 0 unspecified atom stereocenters. The summed E-state index contributed by atoms with van der Waals surface area (Å²) in [5.41, 5.74) is 0. The number of aliphatic carboxylic acids is 1. The zero-order valence-electron chi connectivity index (χ0n) is 13.1. The minimum absolute atomic E-state index is 0.121. The lowest BCUT2D eigenvalue weighted by Gasteiger charge is -2.18. The summed E-state index contributed by atoms with van der Waals surface area (Å²) in [5, 5.41) is 11.5. The predicted molar refractivity (Wildman–Crippen MR) is 78.8 cm³/mol. The van der Waals surface area contributed by atoms with Crippen LogP contribution in [-0.4, -0.2) is 46.3 Å². The maximum Gasteiger partial charge on any atom is 0.326 e. The summed E-state index contributed by atoms with van der Waals surface area (Å²) in [6.45, 7) is 3.88. The lowest BCUT2D eigenvalue weighted by molar-refractivity contribution is -0.143. The van der Waals surface area contributed by atoms with Gasteiger partial charge in [0.1, 0.15) is 6.04 Å². The lowest BCUT2D eigenvalue weighted by Crippen LogP contribution is -2.44. The standard InChI is InChI=1S/C15H24N2O5/c1-10(2)14(15(21)22)16-11(18)6-4-3-5-9-17-12(19)7-8-13(17)20/h10,14H,3-9H2,1-2H3,(H,16,18)(H,21,22)/t14-/m1/s1. The summed E-state index contributed by atoms with van der Waals surface area (Å²) in [4.78, 5) is 46.7. The molecule has 1 fully saturated rings. The third kappa shape index (κ3) is 5.46. The van der Waals surface area contributed by atoms with E-state index in [0.29, 0.717) is 38.6 Å². The molecule has 0 aliphatic carbocycles. The van der Waals surface area contributed by atoms with E-state index < -0.39 is 12.0 Å². The van der Waals surface area contributed by atoms with E-state index in [1.54, 1.807) is 13.8 Å². The molecule has 0 aromatic heterocycles. The molecule has 7 nitrogen and oxygen atoms in total. The van der Waals surface area contributed by atoms with Gasteiger partial charge in [0.25, 0.3) is 0 Å². The van der Waals surface area contributed by atoms with E-state index in [-0.39, 0.29) is 30.1 Å². The zero-order valence-corrected chi connectivity index (χ0v) is 13.1. The first-order valence-corrected chi connectivity index (χ1v) is 7.68. The van der Waals surface area contributed by atoms with E-state index in [1.165, 1.54) is 4.90 Å². The monoisotopic (exact) mass is 312 g/mol. The van der Waals surface area contributed by atoms with Gasteiger partial charge in [0.15, 0.2) is 0 Å². The molecule has 1 atom stereocenters. The van der Waals surface area contributed by atoms with Crippen molar-refractivity contribution in [1.82, 2.24) is 10.2 Å². The van der Waals surface area contributed by atoms with E-state index >= 15 is 0 Å². The third-order valence-corrected chi connectivity index (χ3v) is 3.69. The van der Waals surface area contributed by atoms with Gasteiger partial charge >= 0.3 is 5.97 Å². The molecule has 1 saturated heterocycles. The number of nitrogens with zero attached hydrogens (tertiary/aromatic N) is 1. The molecule has 7 heteroatoms. The number of carbonyl (C=O) groups excluding carboxylic acids is 3. The summed E-state index contributed by atoms with van der Waals surface area (Å²) >= 11 is 0. The Labute approximate surface area is 130 Å². The SMILES string of the molecule is CC(C)[C@@H](NC(=O)CCCCCN1C(=O)CCC1=O)C(=O)O. The van der Waals surface area contributed by atoms with Crippen molar-refractivity contribution in [1.29, 1.82) is 0 Å². The second-order valence-corrected chi connectivity index (χ2v) is 5.88. The van der Waals surface area contributed by atoms with Crippen LogP contribution in [0.1, 0.15) is 52.4 Å². The van der Waals surface area contributed by atoms with Crippen LogP contribution in [0, 0.1) is 5.92 Å². The number of hydrogen-bond donors (Lipinski definition) is 2. The zero-order chi connectivity index (χ0) is 16.7. The van der Waals surface area contributed by atoms with Gasteiger partial charge in [0, 0.05) is 25.8 Å². The molecular formula is C15H24N2O5. The molecule has 0 radical (unpaired) electrons. The van der Waals surface area contributed by atoms with Gasteiger partial charge in [-0.3, -0.25) is 19.3 Å². The van der Waals surface area contributed by atoms with Crippen LogP contribution in [0.15, 0.2) is 0 Å². The van der Waals surface area contributed by atoms with Crippen LogP contribution < -0.4 is 5.32 Å². The Balaban J connectivity index is 2.18. The van der Waals surface area contributed by atoms with E-state index in [0.717, 1.165) is 0 Å². The van der Waals surface area contributed by atoms with Crippen molar-refractivity contribution in [3.05, 3.63) is 0 Å². The summed E-state index contributed by atoms with van der Waals surface area (Å²) < 4.78 is 0. The topological polar surface area (TPSA) is 104 Å². The average molecular weight is 312 g/mol. The first-order chi connectivity index (χ1) is 10.3. The third-order valence-electron chi connectivity index (χ3n) is 3.69. The fourth-order valence-corrected chi connectivity index (χ4v) is 2.36. The molecular weight excluding hydrogens is 288 g/mol. The van der Waals surface area contributed by atoms with Crippen LogP contribution in [-0.2, 0) is 19.2 Å². The minimum Gasteiger partial charge on any atom is -0.480 e. The molecule has 0 aromatic rings. The van der Waals surface area contributed by atoms with E-state index in [4.69, 9.17) is 5.11 Å². The maximum atomic E-state index is 11.7. The van der Waals surface area contributed by atoms with Crippen molar-refractivity contribution in [2.24, 2.45) is 5.92 Å². The number of carbonyl (C=O) groups is 4. The van der Waals surface area contributed by atoms with Crippen molar-refractivity contribution < 1.29 is 24.3 Å². The molecule has 0 aromatic carbocycles. The summed E-state index contributed by atoms with van der Waals surface area (Å²) in [7, 11) is 0. The van der Waals surface area contributed by atoms with Gasteiger partial charge in [0.05, 0.1) is 0 Å². The molecule has 0 spiro atoms. The Morgan fingerprint density at radius 2 is 1.73 bits per heavy atom. The molecule has 0 bridgehead atoms. The van der Waals surface area contributed by atoms with Gasteiger partial charge in [-0.2, -0.15) is 0 Å². The van der Waals surface area contributed by atoms with Crippen LogP contribution in [0.25, 0.3) is 0 Å². The number of unbranched alkanes of at least 4 members (excludes halogenated alkanes) is 2. The Morgan fingerprint density at radius 3 is 2.23 bits per heavy atom. The smallest absolute Gasteiger partial charge is 0.326 e. The Bertz CT molecular complexity index is 431. The van der Waals surface area contributed by atoms with Gasteiger partial charge in [0.2, 0.25) is 17.7 Å². The quantitative estimate of drug-likeness (QED) is 0.487. The molecule has 0 saturated carbocycles. The second kappa shape index (κ2) is 8.51. The van der Waals surface area contributed by atoms with Crippen molar-refractivity contribution in [3.63, 3.8) is 0 Å². The Kier molecular flexibility index (Phi) is 7.01. The van der Waals surface area contributed by atoms with Crippen molar-refractivity contribution in [2.45, 2.75) is 58.4 Å². The molecule has 1 aliphatic heterocycles.